The highest BCUT2D eigenvalue weighted by Gasteiger charge is 2.29. The Kier molecular flexibility index (Phi) is 29.3. The SMILES string of the molecule is CCCCCCC#CCOC(=O)C(C)(C)CCCCCC(CCCCCC(C)(C)C(=O)OCCCCCCCCC)OC(=O)CCCN(C)C. The smallest absolute Gasteiger partial charge is 0.312 e. The van der Waals surface area contributed by atoms with Gasteiger partial charge in [0.1, 0.15) is 6.10 Å². The molecule has 0 saturated carbocycles. The predicted octanol–water partition coefficient (Wildman–Crippen LogP) is 11.0. The van der Waals surface area contributed by atoms with Crippen molar-refractivity contribution >= 4 is 17.9 Å². The number of hydrogen-bond acceptors (Lipinski definition) is 7. The van der Waals surface area contributed by atoms with Gasteiger partial charge in [-0.05, 0) is 106 Å². The minimum Gasteiger partial charge on any atom is -0.465 e. The van der Waals surface area contributed by atoms with Crippen LogP contribution in [0.15, 0.2) is 0 Å². The van der Waals surface area contributed by atoms with Crippen LogP contribution in [0.25, 0.3) is 0 Å². The van der Waals surface area contributed by atoms with E-state index in [1.54, 1.807) is 0 Å². The van der Waals surface area contributed by atoms with E-state index in [4.69, 9.17) is 14.2 Å². The van der Waals surface area contributed by atoms with Crippen LogP contribution in [0.4, 0.5) is 0 Å². The summed E-state index contributed by atoms with van der Waals surface area (Å²) < 4.78 is 17.1. The van der Waals surface area contributed by atoms with Crippen molar-refractivity contribution in [3.63, 3.8) is 0 Å². The third-order valence-electron chi connectivity index (χ3n) is 9.58. The van der Waals surface area contributed by atoms with Crippen LogP contribution in [-0.4, -0.2) is 62.8 Å². The zero-order valence-electron chi connectivity index (χ0n) is 34.1. The summed E-state index contributed by atoms with van der Waals surface area (Å²) in [5, 5.41) is 0. The summed E-state index contributed by atoms with van der Waals surface area (Å²) in [6.45, 7) is 13.9. The molecule has 0 rings (SSSR count). The highest BCUT2D eigenvalue weighted by atomic mass is 16.5. The minimum absolute atomic E-state index is 0.0914. The zero-order valence-corrected chi connectivity index (χ0v) is 34.1. The lowest BCUT2D eigenvalue weighted by Gasteiger charge is -2.23. The Balaban J connectivity index is 4.57. The molecule has 1 unspecified atom stereocenters. The van der Waals surface area contributed by atoms with Crippen molar-refractivity contribution in [2.24, 2.45) is 10.8 Å². The maximum Gasteiger partial charge on any atom is 0.312 e. The van der Waals surface area contributed by atoms with Gasteiger partial charge >= 0.3 is 17.9 Å². The van der Waals surface area contributed by atoms with E-state index in [1.807, 2.05) is 41.8 Å². The molecule has 0 spiro atoms. The molecule has 1 atom stereocenters. The Hall–Kier alpha value is -2.07. The molecule has 0 fully saturated rings. The molecule has 0 aliphatic heterocycles. The summed E-state index contributed by atoms with van der Waals surface area (Å²) in [4.78, 5) is 40.1. The first-order chi connectivity index (χ1) is 23.9. The first-order valence-corrected chi connectivity index (χ1v) is 20.5. The number of ether oxygens (including phenoxy) is 3. The summed E-state index contributed by atoms with van der Waals surface area (Å²) >= 11 is 0. The molecule has 0 saturated heterocycles. The van der Waals surface area contributed by atoms with Crippen molar-refractivity contribution in [2.45, 2.75) is 202 Å². The van der Waals surface area contributed by atoms with Gasteiger partial charge < -0.3 is 19.1 Å². The number of carbonyl (C=O) groups is 3. The zero-order chi connectivity index (χ0) is 37.5. The largest absolute Gasteiger partial charge is 0.465 e. The number of rotatable bonds is 32. The van der Waals surface area contributed by atoms with Gasteiger partial charge in [-0.2, -0.15) is 0 Å². The van der Waals surface area contributed by atoms with Crippen LogP contribution < -0.4 is 0 Å². The van der Waals surface area contributed by atoms with Crippen molar-refractivity contribution in [1.29, 1.82) is 0 Å². The van der Waals surface area contributed by atoms with Crippen molar-refractivity contribution in [3.05, 3.63) is 0 Å². The van der Waals surface area contributed by atoms with Crippen LogP contribution >= 0.6 is 0 Å². The van der Waals surface area contributed by atoms with Gasteiger partial charge in [0.25, 0.3) is 0 Å². The fourth-order valence-electron chi connectivity index (χ4n) is 5.98. The predicted molar refractivity (Wildman–Crippen MR) is 208 cm³/mol. The monoisotopic (exact) mass is 706 g/mol. The molecule has 50 heavy (non-hydrogen) atoms. The Morgan fingerprint density at radius 1 is 0.600 bits per heavy atom. The quantitative estimate of drug-likeness (QED) is 0.0298. The van der Waals surface area contributed by atoms with Crippen LogP contribution in [0, 0.1) is 22.7 Å². The van der Waals surface area contributed by atoms with Crippen LogP contribution in [0.5, 0.6) is 0 Å². The van der Waals surface area contributed by atoms with Crippen LogP contribution in [0.2, 0.25) is 0 Å². The Morgan fingerprint density at radius 3 is 1.66 bits per heavy atom. The summed E-state index contributed by atoms with van der Waals surface area (Å²) in [5.74, 6) is 5.70. The second-order valence-electron chi connectivity index (χ2n) is 16.0. The molecule has 0 aromatic heterocycles. The van der Waals surface area contributed by atoms with Crippen molar-refractivity contribution in [1.82, 2.24) is 4.90 Å². The second kappa shape index (κ2) is 30.5. The molecule has 0 aliphatic carbocycles. The topological polar surface area (TPSA) is 82.1 Å². The fraction of sp³-hybridized carbons (Fsp3) is 0.884. The van der Waals surface area contributed by atoms with Crippen molar-refractivity contribution in [2.75, 3.05) is 33.9 Å². The highest BCUT2D eigenvalue weighted by molar-refractivity contribution is 5.76. The summed E-state index contributed by atoms with van der Waals surface area (Å²) in [7, 11) is 4.02. The lowest BCUT2D eigenvalue weighted by Crippen LogP contribution is -2.27. The fourth-order valence-corrected chi connectivity index (χ4v) is 5.98. The molecular weight excluding hydrogens is 626 g/mol. The van der Waals surface area contributed by atoms with Crippen LogP contribution in [-0.2, 0) is 28.6 Å². The third kappa shape index (κ3) is 27.6. The van der Waals surface area contributed by atoms with Gasteiger partial charge in [-0.15, -0.1) is 0 Å². The van der Waals surface area contributed by atoms with E-state index < -0.39 is 10.8 Å². The molecule has 0 amide bonds. The summed E-state index contributed by atoms with van der Waals surface area (Å²) in [6.07, 6.45) is 24.1. The molecule has 0 heterocycles. The Labute approximate surface area is 309 Å². The molecule has 0 aromatic carbocycles. The lowest BCUT2D eigenvalue weighted by molar-refractivity contribution is -0.155. The minimum atomic E-state index is -0.546. The van der Waals surface area contributed by atoms with E-state index >= 15 is 0 Å². The summed E-state index contributed by atoms with van der Waals surface area (Å²) in [5.41, 5.74) is -1.03. The summed E-state index contributed by atoms with van der Waals surface area (Å²) in [6, 6.07) is 0. The van der Waals surface area contributed by atoms with E-state index in [9.17, 15) is 14.4 Å². The first kappa shape index (κ1) is 47.9. The van der Waals surface area contributed by atoms with Crippen LogP contribution in [0.1, 0.15) is 196 Å². The van der Waals surface area contributed by atoms with Crippen molar-refractivity contribution in [3.8, 4) is 11.8 Å². The normalized spacial score (nSPS) is 12.3. The van der Waals surface area contributed by atoms with E-state index in [-0.39, 0.29) is 30.6 Å². The van der Waals surface area contributed by atoms with Crippen LogP contribution in [0.3, 0.4) is 0 Å². The van der Waals surface area contributed by atoms with E-state index in [0.717, 1.165) is 103 Å². The van der Waals surface area contributed by atoms with Gasteiger partial charge in [0, 0.05) is 12.8 Å². The molecule has 0 aromatic rings. The highest BCUT2D eigenvalue weighted by Crippen LogP contribution is 2.28. The molecule has 0 aliphatic rings. The number of esters is 3. The van der Waals surface area contributed by atoms with E-state index in [0.29, 0.717) is 13.0 Å². The van der Waals surface area contributed by atoms with Crippen molar-refractivity contribution < 1.29 is 28.6 Å². The average Bonchev–Trinajstić information content (AvgIpc) is 3.06. The van der Waals surface area contributed by atoms with Gasteiger partial charge in [0.05, 0.1) is 17.4 Å². The molecule has 0 bridgehead atoms. The number of carbonyl (C=O) groups excluding carboxylic acids is 3. The molecule has 0 radical (unpaired) electrons. The molecule has 7 nitrogen and oxygen atoms in total. The Morgan fingerprint density at radius 2 is 1.10 bits per heavy atom. The molecule has 0 N–H and O–H groups in total. The van der Waals surface area contributed by atoms with E-state index in [2.05, 4.69) is 30.6 Å². The molecule has 7 heteroatoms. The third-order valence-corrected chi connectivity index (χ3v) is 9.58. The standard InChI is InChI=1S/C43H79NO6/c1-9-11-13-15-17-19-27-36-48-40(46)42(3,4)33-25-21-23-30-38(50-39(45)32-29-35-44(7)8)31-24-22-26-34-43(5,6)41(47)49-37-28-20-18-16-14-12-10-2/h38H,9-19,21-27,29-37H2,1-8H3. The van der Waals surface area contributed by atoms with Gasteiger partial charge in [-0.1, -0.05) is 109 Å². The second-order valence-corrected chi connectivity index (χ2v) is 16.0. The van der Waals surface area contributed by atoms with Gasteiger partial charge in [-0.25, -0.2) is 0 Å². The van der Waals surface area contributed by atoms with Gasteiger partial charge in [-0.3, -0.25) is 14.4 Å². The van der Waals surface area contributed by atoms with Gasteiger partial charge in [0.15, 0.2) is 6.61 Å². The number of unbranched alkanes of at least 4 members (excludes halogenated alkanes) is 14. The first-order valence-electron chi connectivity index (χ1n) is 20.5. The Bertz CT molecular complexity index is 931. The maximum absolute atomic E-state index is 12.7. The van der Waals surface area contributed by atoms with Gasteiger partial charge in [0.2, 0.25) is 0 Å². The molecule has 292 valence electrons. The molecular formula is C43H79NO6. The average molecular weight is 706 g/mol. The lowest BCUT2D eigenvalue weighted by atomic mass is 9.86. The van der Waals surface area contributed by atoms with E-state index in [1.165, 1.54) is 51.4 Å². The number of nitrogens with zero attached hydrogens (tertiary/aromatic N) is 1. The maximum atomic E-state index is 12.7. The number of hydrogen-bond donors (Lipinski definition) is 0.